The maximum absolute atomic E-state index is 7.00. The normalized spacial score (nSPS) is 10.1. The second-order valence-electron chi connectivity index (χ2n) is 13.9. The second-order valence-corrected chi connectivity index (χ2v) is 13.9. The third kappa shape index (κ3) is 6570. The summed E-state index contributed by atoms with van der Waals surface area (Å²) in [5.74, 6) is 0. The fourth-order valence-corrected chi connectivity index (χ4v) is 0. The molecule has 202 valence electrons. The van der Waals surface area contributed by atoms with Crippen molar-refractivity contribution >= 4 is 0 Å². The van der Waals surface area contributed by atoms with Crippen molar-refractivity contribution in [1.82, 2.24) is 4.90 Å². The van der Waals surface area contributed by atoms with Gasteiger partial charge in [0.15, 0.2) is 0 Å². The Bertz CT molecular complexity index is 187. The van der Waals surface area contributed by atoms with E-state index in [1.54, 1.807) is 0 Å². The van der Waals surface area contributed by atoms with Gasteiger partial charge < -0.3 is 15.7 Å². The van der Waals surface area contributed by atoms with Crippen LogP contribution in [0.15, 0.2) is 0 Å². The van der Waals surface area contributed by atoms with Crippen LogP contribution in [0.2, 0.25) is 0 Å². The molecular weight excluding hydrogens is 380 g/mol. The van der Waals surface area contributed by atoms with Gasteiger partial charge in [0, 0.05) is 7.11 Å². The number of quaternary nitrogens is 1. The SMILES string of the molecule is C.CC(C)(C)C.CC(C)(C)C.CC(C)(C)C.CC(C)(C)C.CCN(C)C.CC[NH3+].CO. The quantitative estimate of drug-likeness (QED) is 0.418. The van der Waals surface area contributed by atoms with Crippen LogP contribution in [0, 0.1) is 21.7 Å². The fourth-order valence-electron chi connectivity index (χ4n) is 0. The van der Waals surface area contributed by atoms with E-state index in [-0.39, 0.29) is 7.43 Å². The van der Waals surface area contributed by atoms with Crippen LogP contribution in [-0.4, -0.2) is 44.3 Å². The summed E-state index contributed by atoms with van der Waals surface area (Å²) in [5.41, 5.74) is 5.49. The van der Waals surface area contributed by atoms with Crippen molar-refractivity contribution in [2.24, 2.45) is 21.7 Å². The zero-order valence-electron chi connectivity index (χ0n) is 26.0. The van der Waals surface area contributed by atoms with Crippen molar-refractivity contribution in [3.8, 4) is 0 Å². The van der Waals surface area contributed by atoms with Crippen LogP contribution in [0.4, 0.5) is 0 Å². The van der Waals surface area contributed by atoms with Crippen LogP contribution >= 0.6 is 0 Å². The zero-order chi connectivity index (χ0) is 27.0. The molecule has 0 spiro atoms. The molecule has 0 aromatic heterocycles. The van der Waals surface area contributed by atoms with Gasteiger partial charge in [0.1, 0.15) is 0 Å². The van der Waals surface area contributed by atoms with E-state index < -0.39 is 0 Å². The van der Waals surface area contributed by atoms with Crippen molar-refractivity contribution < 1.29 is 10.8 Å². The van der Waals surface area contributed by atoms with Gasteiger partial charge in [-0.3, -0.25) is 0 Å². The lowest BCUT2D eigenvalue weighted by atomic mass is 10.0. The maximum Gasteiger partial charge on any atom is 0.0711 e. The predicted octanol–water partition coefficient (Wildman–Crippen LogP) is 8.27. The number of rotatable bonds is 1. The van der Waals surface area contributed by atoms with Crippen molar-refractivity contribution in [3.63, 3.8) is 0 Å². The van der Waals surface area contributed by atoms with Crippen LogP contribution in [0.5, 0.6) is 0 Å². The Morgan fingerprint density at radius 2 is 0.548 bits per heavy atom. The average molecular weight is 456 g/mol. The van der Waals surface area contributed by atoms with Gasteiger partial charge in [-0.1, -0.05) is 125 Å². The summed E-state index contributed by atoms with van der Waals surface area (Å²) in [6, 6.07) is 0. The van der Waals surface area contributed by atoms with E-state index in [0.717, 1.165) is 20.2 Å². The van der Waals surface area contributed by atoms with Gasteiger partial charge in [-0.05, 0) is 49.2 Å². The van der Waals surface area contributed by atoms with Crippen LogP contribution < -0.4 is 5.73 Å². The molecule has 31 heavy (non-hydrogen) atoms. The third-order valence-electron chi connectivity index (χ3n) is 0.632. The fraction of sp³-hybridized carbons (Fsp3) is 1.00. The Morgan fingerprint density at radius 3 is 0.548 bits per heavy atom. The van der Waals surface area contributed by atoms with Gasteiger partial charge in [-0.25, -0.2) is 0 Å². The molecule has 3 heteroatoms. The van der Waals surface area contributed by atoms with Gasteiger partial charge in [0.25, 0.3) is 0 Å². The van der Waals surface area contributed by atoms with Gasteiger partial charge in [0.05, 0.1) is 6.54 Å². The van der Waals surface area contributed by atoms with Crippen molar-refractivity contribution in [3.05, 3.63) is 0 Å². The zero-order valence-corrected chi connectivity index (χ0v) is 26.0. The van der Waals surface area contributed by atoms with E-state index in [4.69, 9.17) is 5.11 Å². The van der Waals surface area contributed by atoms with E-state index >= 15 is 0 Å². The van der Waals surface area contributed by atoms with E-state index in [1.165, 1.54) is 0 Å². The maximum atomic E-state index is 7.00. The molecule has 0 aliphatic carbocycles. The Balaban J connectivity index is -0.0000000335. The number of hydrogen-bond donors (Lipinski definition) is 2. The van der Waals surface area contributed by atoms with Crippen molar-refractivity contribution in [2.45, 2.75) is 132 Å². The molecule has 0 radical (unpaired) electrons. The Kier molecular flexibility index (Phi) is 50.8. The predicted molar refractivity (Wildman–Crippen MR) is 153 cm³/mol. The van der Waals surface area contributed by atoms with E-state index in [9.17, 15) is 0 Å². The number of aliphatic hydroxyl groups is 1. The molecule has 0 rings (SSSR count). The lowest BCUT2D eigenvalue weighted by Crippen LogP contribution is -2.48. The number of aliphatic hydroxyl groups excluding tert-OH is 1. The van der Waals surface area contributed by atoms with Gasteiger partial charge in [-0.2, -0.15) is 0 Å². The molecule has 0 bridgehead atoms. The van der Waals surface area contributed by atoms with Crippen LogP contribution in [0.1, 0.15) is 132 Å². The molecule has 0 aliphatic heterocycles. The summed E-state index contributed by atoms with van der Waals surface area (Å²) in [4.78, 5) is 2.12. The summed E-state index contributed by atoms with van der Waals surface area (Å²) in [6.45, 7) is 41.3. The van der Waals surface area contributed by atoms with Crippen LogP contribution in [-0.2, 0) is 0 Å². The van der Waals surface area contributed by atoms with Gasteiger partial charge in [-0.15, -0.1) is 0 Å². The highest BCUT2D eigenvalue weighted by molar-refractivity contribution is 4.48. The molecule has 0 aromatic carbocycles. The summed E-state index contributed by atoms with van der Waals surface area (Å²) >= 11 is 0. The minimum Gasteiger partial charge on any atom is -0.400 e. The van der Waals surface area contributed by atoms with Crippen molar-refractivity contribution in [2.75, 3.05) is 34.3 Å². The highest BCUT2D eigenvalue weighted by Crippen LogP contribution is 2.09. The molecule has 0 saturated carbocycles. The molecule has 4 N–H and O–H groups in total. The molecule has 0 aliphatic rings. The number of nitrogens with zero attached hydrogens (tertiary/aromatic N) is 1. The van der Waals surface area contributed by atoms with E-state index in [2.05, 4.69) is 142 Å². The summed E-state index contributed by atoms with van der Waals surface area (Å²) in [5, 5.41) is 7.00. The molecular formula is C28H75N2O+. The number of hydrogen-bond acceptors (Lipinski definition) is 2. The first-order chi connectivity index (χ1) is 12.7. The van der Waals surface area contributed by atoms with Crippen LogP contribution in [0.25, 0.3) is 0 Å². The Labute approximate surface area is 204 Å². The minimum atomic E-state index is 0. The smallest absolute Gasteiger partial charge is 0.0711 e. The van der Waals surface area contributed by atoms with Gasteiger partial charge in [0.2, 0.25) is 0 Å². The molecule has 0 atom stereocenters. The summed E-state index contributed by atoms with van der Waals surface area (Å²) < 4.78 is 0. The lowest BCUT2D eigenvalue weighted by molar-refractivity contribution is -0.361. The first-order valence-electron chi connectivity index (χ1n) is 11.6. The first-order valence-corrected chi connectivity index (χ1v) is 11.6. The van der Waals surface area contributed by atoms with E-state index in [1.807, 2.05) is 6.92 Å². The molecule has 0 saturated heterocycles. The molecule has 0 unspecified atom stereocenters. The second kappa shape index (κ2) is 29.9. The Hall–Kier alpha value is -0.120. The monoisotopic (exact) mass is 456 g/mol. The van der Waals surface area contributed by atoms with E-state index in [0.29, 0.717) is 21.7 Å². The van der Waals surface area contributed by atoms with Gasteiger partial charge >= 0.3 is 0 Å². The van der Waals surface area contributed by atoms with Crippen LogP contribution in [0.3, 0.4) is 0 Å². The average Bonchev–Trinajstić information content (AvgIpc) is 2.34. The Morgan fingerprint density at radius 1 is 0.516 bits per heavy atom. The standard InChI is InChI=1S/4C5H12.C4H11N.C2H7N.CH4O.CH4/c4*1-5(2,3)4;1-4-5(2)3;1-2-3;1-2;/h4*1-4H3;4H2,1-3H3;2-3H2,1H3;2H,1H3;1H4/p+1. The highest BCUT2D eigenvalue weighted by Gasteiger charge is 1.96. The first kappa shape index (κ1) is 52.7. The molecule has 0 amide bonds. The molecule has 0 aromatic rings. The molecule has 0 fully saturated rings. The minimum absolute atomic E-state index is 0. The highest BCUT2D eigenvalue weighted by atomic mass is 16.2. The topological polar surface area (TPSA) is 51.1 Å². The summed E-state index contributed by atoms with van der Waals surface area (Å²) in [7, 11) is 5.11. The largest absolute Gasteiger partial charge is 0.400 e. The molecule has 0 heterocycles. The summed E-state index contributed by atoms with van der Waals surface area (Å²) in [6.07, 6.45) is 0. The third-order valence-corrected chi connectivity index (χ3v) is 0.632. The lowest BCUT2D eigenvalue weighted by Gasteiger charge is -2.05. The molecule has 3 nitrogen and oxygen atoms in total. The van der Waals surface area contributed by atoms with Crippen molar-refractivity contribution in [1.29, 1.82) is 0 Å².